The van der Waals surface area contributed by atoms with Gasteiger partial charge in [0, 0.05) is 16.6 Å². The van der Waals surface area contributed by atoms with Crippen molar-refractivity contribution in [3.8, 4) is 16.3 Å². The highest BCUT2D eigenvalue weighted by Crippen LogP contribution is 2.31. The van der Waals surface area contributed by atoms with E-state index in [1.54, 1.807) is 48.5 Å². The molecular formula is C29H21ClN2O4S. The number of halogens is 1. The lowest BCUT2D eigenvalue weighted by atomic mass is 10.1. The smallest absolute Gasteiger partial charge is 0.340 e. The van der Waals surface area contributed by atoms with E-state index in [9.17, 15) is 9.59 Å². The predicted molar refractivity (Wildman–Crippen MR) is 146 cm³/mol. The molecule has 0 fully saturated rings. The number of thiophene rings is 1. The third-order valence-corrected chi connectivity index (χ3v) is 6.88. The number of hydrogen-bond donors (Lipinski definition) is 1. The number of benzene rings is 3. The molecule has 3 aromatic carbocycles. The van der Waals surface area contributed by atoms with Crippen molar-refractivity contribution >= 4 is 51.4 Å². The fraction of sp³-hybridized carbons (Fsp3) is 0.0690. The van der Waals surface area contributed by atoms with Gasteiger partial charge in [-0.05, 0) is 41.8 Å². The second-order valence-corrected chi connectivity index (χ2v) is 9.44. The van der Waals surface area contributed by atoms with Gasteiger partial charge in [-0.1, -0.05) is 66.2 Å². The van der Waals surface area contributed by atoms with Crippen molar-refractivity contribution in [3.05, 3.63) is 113 Å². The first kappa shape index (κ1) is 24.5. The molecular weight excluding hydrogens is 508 g/mol. The first-order valence-corrected chi connectivity index (χ1v) is 12.6. The monoisotopic (exact) mass is 528 g/mol. The number of fused-ring (bicyclic) bond motifs is 1. The van der Waals surface area contributed by atoms with Crippen LogP contribution in [0, 0.1) is 0 Å². The molecule has 5 rings (SSSR count). The minimum Gasteiger partial charge on any atom is -0.495 e. The number of ether oxygens (including phenoxy) is 2. The number of nitrogens with one attached hydrogen (secondary N) is 1. The Balaban J connectivity index is 1.49. The van der Waals surface area contributed by atoms with Gasteiger partial charge in [0.15, 0.2) is 0 Å². The molecule has 0 saturated heterocycles. The van der Waals surface area contributed by atoms with Gasteiger partial charge < -0.3 is 14.8 Å². The number of carbonyl (C=O) groups is 2. The first-order chi connectivity index (χ1) is 18.0. The van der Waals surface area contributed by atoms with Crippen LogP contribution < -0.4 is 10.1 Å². The number of carbonyl (C=O) groups excluding carboxylic acids is 2. The Morgan fingerprint density at radius 3 is 2.46 bits per heavy atom. The molecule has 0 unspecified atom stereocenters. The highest BCUT2D eigenvalue weighted by atomic mass is 35.5. The Morgan fingerprint density at radius 2 is 1.73 bits per heavy atom. The van der Waals surface area contributed by atoms with Gasteiger partial charge in [-0.3, -0.25) is 4.79 Å². The molecule has 0 aliphatic carbocycles. The summed E-state index contributed by atoms with van der Waals surface area (Å²) in [6, 6.07) is 26.7. The first-order valence-electron chi connectivity index (χ1n) is 11.4. The molecule has 184 valence electrons. The van der Waals surface area contributed by atoms with Crippen LogP contribution in [0.3, 0.4) is 0 Å². The zero-order valence-corrected chi connectivity index (χ0v) is 21.3. The molecule has 1 N–H and O–H groups in total. The third kappa shape index (κ3) is 5.33. The number of pyridine rings is 1. The van der Waals surface area contributed by atoms with Crippen molar-refractivity contribution in [2.45, 2.75) is 6.10 Å². The van der Waals surface area contributed by atoms with Crippen LogP contribution in [0.1, 0.15) is 22.0 Å². The van der Waals surface area contributed by atoms with Gasteiger partial charge in [-0.2, -0.15) is 0 Å². The molecule has 0 spiro atoms. The number of methoxy groups -OCH3 is 1. The van der Waals surface area contributed by atoms with E-state index in [1.807, 2.05) is 47.8 Å². The number of amides is 1. The molecule has 2 aromatic heterocycles. The molecule has 1 atom stereocenters. The van der Waals surface area contributed by atoms with E-state index in [1.165, 1.54) is 18.4 Å². The van der Waals surface area contributed by atoms with Crippen molar-refractivity contribution in [1.82, 2.24) is 4.98 Å². The zero-order valence-electron chi connectivity index (χ0n) is 19.7. The maximum absolute atomic E-state index is 13.6. The Hall–Kier alpha value is -4.20. The zero-order chi connectivity index (χ0) is 25.8. The lowest BCUT2D eigenvalue weighted by Crippen LogP contribution is -2.26. The molecule has 1 amide bonds. The third-order valence-electron chi connectivity index (χ3n) is 5.69. The fourth-order valence-corrected chi connectivity index (χ4v) is 4.86. The maximum Gasteiger partial charge on any atom is 0.340 e. The van der Waals surface area contributed by atoms with Crippen LogP contribution in [-0.2, 0) is 9.53 Å². The molecule has 0 radical (unpaired) electrons. The summed E-state index contributed by atoms with van der Waals surface area (Å²) in [4.78, 5) is 32.6. The molecule has 0 aliphatic rings. The average Bonchev–Trinajstić information content (AvgIpc) is 3.47. The molecule has 5 aromatic rings. The number of esters is 1. The number of nitrogens with zero attached hydrogens (tertiary/aromatic N) is 1. The summed E-state index contributed by atoms with van der Waals surface area (Å²) in [5.74, 6) is -0.664. The summed E-state index contributed by atoms with van der Waals surface area (Å²) in [5, 5.41) is 5.73. The van der Waals surface area contributed by atoms with E-state index in [0.29, 0.717) is 44.2 Å². The number of rotatable bonds is 7. The van der Waals surface area contributed by atoms with Crippen LogP contribution in [0.5, 0.6) is 5.75 Å². The lowest BCUT2D eigenvalue weighted by Gasteiger charge is -2.19. The summed E-state index contributed by atoms with van der Waals surface area (Å²) in [5.41, 5.74) is 2.63. The van der Waals surface area contributed by atoms with Gasteiger partial charge in [0.05, 0.1) is 33.8 Å². The van der Waals surface area contributed by atoms with Crippen molar-refractivity contribution in [2.75, 3.05) is 12.4 Å². The van der Waals surface area contributed by atoms with E-state index in [4.69, 9.17) is 26.1 Å². The molecule has 8 heteroatoms. The number of para-hydroxylation sites is 1. The van der Waals surface area contributed by atoms with E-state index in [-0.39, 0.29) is 0 Å². The van der Waals surface area contributed by atoms with Gasteiger partial charge in [0.1, 0.15) is 5.75 Å². The molecule has 37 heavy (non-hydrogen) atoms. The van der Waals surface area contributed by atoms with Crippen LogP contribution in [0.25, 0.3) is 21.5 Å². The molecule has 0 bridgehead atoms. The summed E-state index contributed by atoms with van der Waals surface area (Å²) in [6.07, 6.45) is -1.20. The topological polar surface area (TPSA) is 77.5 Å². The van der Waals surface area contributed by atoms with Crippen molar-refractivity contribution in [1.29, 1.82) is 0 Å². The molecule has 0 saturated carbocycles. The normalized spacial score (nSPS) is 11.6. The van der Waals surface area contributed by atoms with E-state index in [2.05, 4.69) is 5.32 Å². The van der Waals surface area contributed by atoms with Gasteiger partial charge in [0.2, 0.25) is 6.10 Å². The summed E-state index contributed by atoms with van der Waals surface area (Å²) in [7, 11) is 1.51. The lowest BCUT2D eigenvalue weighted by molar-refractivity contribution is -0.125. The summed E-state index contributed by atoms with van der Waals surface area (Å²) >= 11 is 7.75. The minimum absolute atomic E-state index is 0.329. The Kier molecular flexibility index (Phi) is 7.16. The largest absolute Gasteiger partial charge is 0.495 e. The van der Waals surface area contributed by atoms with E-state index in [0.717, 1.165) is 4.88 Å². The van der Waals surface area contributed by atoms with Crippen LogP contribution >= 0.6 is 22.9 Å². The molecule has 2 heterocycles. The van der Waals surface area contributed by atoms with Gasteiger partial charge in [-0.15, -0.1) is 11.3 Å². The van der Waals surface area contributed by atoms with Crippen LogP contribution in [0.2, 0.25) is 5.02 Å². The number of anilines is 1. The fourth-order valence-electron chi connectivity index (χ4n) is 3.92. The SMILES string of the molecule is COc1ccc(NC(=O)[C@@H](OC(=O)c2cc(-c3cccs3)nc3ccccc23)c2ccccc2)cc1Cl. The Labute approximate surface area is 222 Å². The van der Waals surface area contributed by atoms with E-state index < -0.39 is 18.0 Å². The molecule has 0 aliphatic heterocycles. The Morgan fingerprint density at radius 1 is 0.946 bits per heavy atom. The van der Waals surface area contributed by atoms with Gasteiger partial charge in [-0.25, -0.2) is 9.78 Å². The van der Waals surface area contributed by atoms with Crippen molar-refractivity contribution < 1.29 is 19.1 Å². The van der Waals surface area contributed by atoms with Gasteiger partial charge >= 0.3 is 5.97 Å². The summed E-state index contributed by atoms with van der Waals surface area (Å²) in [6.45, 7) is 0. The highest BCUT2D eigenvalue weighted by molar-refractivity contribution is 7.13. The number of hydrogen-bond acceptors (Lipinski definition) is 6. The maximum atomic E-state index is 13.6. The second kappa shape index (κ2) is 10.8. The van der Waals surface area contributed by atoms with Crippen LogP contribution in [0.4, 0.5) is 5.69 Å². The minimum atomic E-state index is -1.20. The predicted octanol–water partition coefficient (Wildman–Crippen LogP) is 7.16. The second-order valence-electron chi connectivity index (χ2n) is 8.08. The van der Waals surface area contributed by atoms with Crippen molar-refractivity contribution in [3.63, 3.8) is 0 Å². The quantitative estimate of drug-likeness (QED) is 0.227. The highest BCUT2D eigenvalue weighted by Gasteiger charge is 2.27. The van der Waals surface area contributed by atoms with Crippen molar-refractivity contribution in [2.24, 2.45) is 0 Å². The van der Waals surface area contributed by atoms with Gasteiger partial charge in [0.25, 0.3) is 5.91 Å². The standard InChI is InChI=1S/C29H21ClN2O4S/c1-35-25-14-13-19(16-22(25)30)31-28(33)27(18-8-3-2-4-9-18)36-29(34)21-17-24(26-12-7-15-37-26)32-23-11-6-5-10-20(21)23/h2-17,27H,1H3,(H,31,33)/t27-/m0/s1. The average molecular weight is 529 g/mol. The Bertz CT molecular complexity index is 1570. The molecule has 6 nitrogen and oxygen atoms in total. The summed E-state index contributed by atoms with van der Waals surface area (Å²) < 4.78 is 11.1. The van der Waals surface area contributed by atoms with E-state index >= 15 is 0 Å². The number of aromatic nitrogens is 1. The van der Waals surface area contributed by atoms with Crippen LogP contribution in [0.15, 0.2) is 96.4 Å². The van der Waals surface area contributed by atoms with Crippen LogP contribution in [-0.4, -0.2) is 24.0 Å².